The molecule has 0 heterocycles. The van der Waals surface area contributed by atoms with E-state index in [0.717, 1.165) is 0 Å². The molecule has 0 unspecified atom stereocenters. The van der Waals surface area contributed by atoms with Crippen LogP contribution >= 0.6 is 0 Å². The molecule has 132 valence electrons. The van der Waals surface area contributed by atoms with Crippen molar-refractivity contribution in [1.82, 2.24) is 0 Å². The molecule has 0 aliphatic carbocycles. The number of Topliss-reactive ketones (excluding diaryl/α,β-unsaturated/α-hetero) is 1. The first-order chi connectivity index (χ1) is 12.1. The highest BCUT2D eigenvalue weighted by Crippen LogP contribution is 2.29. The van der Waals surface area contributed by atoms with Gasteiger partial charge in [0.1, 0.15) is 5.75 Å². The molecular weight excluding hydrogens is 322 g/mol. The number of ketones is 1. The molecule has 2 rings (SSSR count). The lowest BCUT2D eigenvalue weighted by molar-refractivity contribution is -0.118. The molecule has 0 bridgehead atoms. The molecule has 2 aromatic carbocycles. The maximum absolute atomic E-state index is 12.0. The fourth-order valence-corrected chi connectivity index (χ4v) is 2.20. The Hall–Kier alpha value is -3.02. The van der Waals surface area contributed by atoms with Crippen molar-refractivity contribution < 1.29 is 23.8 Å². The summed E-state index contributed by atoms with van der Waals surface area (Å²) in [5, 5.41) is 2.72. The minimum absolute atomic E-state index is 0.0674. The summed E-state index contributed by atoms with van der Waals surface area (Å²) in [5.74, 6) is 1.39. The molecule has 1 amide bonds. The van der Waals surface area contributed by atoms with E-state index < -0.39 is 0 Å². The number of hydrogen-bond acceptors (Lipinski definition) is 5. The topological polar surface area (TPSA) is 73.9 Å². The Morgan fingerprint density at radius 2 is 1.64 bits per heavy atom. The van der Waals surface area contributed by atoms with Crippen LogP contribution in [0.3, 0.4) is 0 Å². The van der Waals surface area contributed by atoms with Gasteiger partial charge in [-0.1, -0.05) is 6.92 Å². The molecule has 0 aromatic heterocycles. The van der Waals surface area contributed by atoms with E-state index in [9.17, 15) is 9.59 Å². The first-order valence-electron chi connectivity index (χ1n) is 7.85. The van der Waals surface area contributed by atoms with E-state index in [0.29, 0.717) is 34.9 Å². The molecule has 6 heteroatoms. The minimum atomic E-state index is -0.305. The summed E-state index contributed by atoms with van der Waals surface area (Å²) in [6, 6.07) is 11.8. The van der Waals surface area contributed by atoms with Crippen LogP contribution in [0.4, 0.5) is 5.69 Å². The summed E-state index contributed by atoms with van der Waals surface area (Å²) >= 11 is 0. The van der Waals surface area contributed by atoms with Crippen LogP contribution in [0, 0.1) is 0 Å². The van der Waals surface area contributed by atoms with E-state index in [1.54, 1.807) is 49.6 Å². The third-order valence-corrected chi connectivity index (χ3v) is 3.53. The van der Waals surface area contributed by atoms with Gasteiger partial charge in [0.25, 0.3) is 5.91 Å². The number of benzene rings is 2. The maximum atomic E-state index is 12.0. The molecule has 0 spiro atoms. The van der Waals surface area contributed by atoms with E-state index in [1.165, 1.54) is 7.11 Å². The fraction of sp³-hybridized carbons (Fsp3) is 0.263. The first kappa shape index (κ1) is 18.3. The second kappa shape index (κ2) is 8.73. The molecule has 0 saturated heterocycles. The summed E-state index contributed by atoms with van der Waals surface area (Å²) in [6.07, 6.45) is 0.452. The van der Waals surface area contributed by atoms with E-state index in [4.69, 9.17) is 14.2 Å². The van der Waals surface area contributed by atoms with Gasteiger partial charge in [0, 0.05) is 23.7 Å². The Bertz CT molecular complexity index is 740. The molecule has 0 atom stereocenters. The van der Waals surface area contributed by atoms with Crippen molar-refractivity contribution in [2.75, 3.05) is 26.1 Å². The molecular formula is C19H21NO5. The van der Waals surface area contributed by atoms with Gasteiger partial charge in [0.2, 0.25) is 0 Å². The number of amides is 1. The van der Waals surface area contributed by atoms with Crippen LogP contribution in [0.25, 0.3) is 0 Å². The number of nitrogens with one attached hydrogen (secondary N) is 1. The number of ether oxygens (including phenoxy) is 3. The fourth-order valence-electron chi connectivity index (χ4n) is 2.20. The maximum Gasteiger partial charge on any atom is 0.262 e. The van der Waals surface area contributed by atoms with E-state index in [1.807, 2.05) is 6.92 Å². The smallest absolute Gasteiger partial charge is 0.262 e. The Kier molecular flexibility index (Phi) is 6.39. The highest BCUT2D eigenvalue weighted by atomic mass is 16.5. The number of hydrogen-bond donors (Lipinski definition) is 1. The first-order valence-corrected chi connectivity index (χ1v) is 7.85. The summed E-state index contributed by atoms with van der Waals surface area (Å²) in [7, 11) is 3.07. The number of carbonyl (C=O) groups excluding carboxylic acids is 2. The van der Waals surface area contributed by atoms with Crippen LogP contribution in [-0.2, 0) is 4.79 Å². The summed E-state index contributed by atoms with van der Waals surface area (Å²) in [4.78, 5) is 23.6. The van der Waals surface area contributed by atoms with E-state index >= 15 is 0 Å². The van der Waals surface area contributed by atoms with Gasteiger partial charge >= 0.3 is 0 Å². The molecule has 0 fully saturated rings. The molecule has 0 aliphatic rings. The van der Waals surface area contributed by atoms with Gasteiger partial charge in [-0.2, -0.15) is 0 Å². The van der Waals surface area contributed by atoms with Crippen molar-refractivity contribution in [2.24, 2.45) is 0 Å². The zero-order valence-corrected chi connectivity index (χ0v) is 14.5. The second-order valence-corrected chi connectivity index (χ2v) is 5.21. The van der Waals surface area contributed by atoms with Crippen molar-refractivity contribution in [3.8, 4) is 17.2 Å². The zero-order chi connectivity index (χ0) is 18.2. The van der Waals surface area contributed by atoms with Gasteiger partial charge in [-0.05, 0) is 36.4 Å². The van der Waals surface area contributed by atoms with Crippen molar-refractivity contribution in [3.05, 3.63) is 48.0 Å². The van der Waals surface area contributed by atoms with Crippen molar-refractivity contribution in [3.63, 3.8) is 0 Å². The Balaban J connectivity index is 1.91. The average Bonchev–Trinajstić information content (AvgIpc) is 2.66. The number of methoxy groups -OCH3 is 2. The normalized spacial score (nSPS) is 10.0. The van der Waals surface area contributed by atoms with E-state index in [-0.39, 0.29) is 18.3 Å². The molecule has 25 heavy (non-hydrogen) atoms. The SMILES string of the molecule is CCC(=O)c1ccc(OCC(=O)Nc2ccc(OC)c(OC)c2)cc1. The summed E-state index contributed by atoms with van der Waals surface area (Å²) in [6.45, 7) is 1.67. The Labute approximate surface area is 146 Å². The third-order valence-electron chi connectivity index (χ3n) is 3.53. The lowest BCUT2D eigenvalue weighted by Crippen LogP contribution is -2.20. The largest absolute Gasteiger partial charge is 0.493 e. The molecule has 1 N–H and O–H groups in total. The highest BCUT2D eigenvalue weighted by molar-refractivity contribution is 5.96. The molecule has 0 saturated carbocycles. The van der Waals surface area contributed by atoms with Crippen molar-refractivity contribution in [2.45, 2.75) is 13.3 Å². The van der Waals surface area contributed by atoms with Gasteiger partial charge in [-0.3, -0.25) is 9.59 Å². The summed E-state index contributed by atoms with van der Waals surface area (Å²) in [5.41, 5.74) is 1.21. The molecule has 0 radical (unpaired) electrons. The van der Waals surface area contributed by atoms with Crippen LogP contribution < -0.4 is 19.5 Å². The second-order valence-electron chi connectivity index (χ2n) is 5.21. The monoisotopic (exact) mass is 343 g/mol. The summed E-state index contributed by atoms with van der Waals surface area (Å²) < 4.78 is 15.8. The van der Waals surface area contributed by atoms with Crippen molar-refractivity contribution in [1.29, 1.82) is 0 Å². The lowest BCUT2D eigenvalue weighted by atomic mass is 10.1. The Morgan fingerprint density at radius 3 is 2.24 bits per heavy atom. The number of anilines is 1. The van der Waals surface area contributed by atoms with Gasteiger partial charge in [0.15, 0.2) is 23.9 Å². The van der Waals surface area contributed by atoms with Gasteiger partial charge in [-0.25, -0.2) is 0 Å². The van der Waals surface area contributed by atoms with Crippen LogP contribution in [0.5, 0.6) is 17.2 Å². The third kappa shape index (κ3) is 4.97. The van der Waals surface area contributed by atoms with Crippen LogP contribution in [0.2, 0.25) is 0 Å². The lowest BCUT2D eigenvalue weighted by Gasteiger charge is -2.11. The number of carbonyl (C=O) groups is 2. The molecule has 2 aromatic rings. The van der Waals surface area contributed by atoms with Crippen LogP contribution in [0.1, 0.15) is 23.7 Å². The highest BCUT2D eigenvalue weighted by Gasteiger charge is 2.09. The van der Waals surface area contributed by atoms with Crippen LogP contribution in [-0.4, -0.2) is 32.5 Å². The van der Waals surface area contributed by atoms with Gasteiger partial charge in [-0.15, -0.1) is 0 Å². The predicted octanol–water partition coefficient (Wildman–Crippen LogP) is 3.31. The minimum Gasteiger partial charge on any atom is -0.493 e. The standard InChI is InChI=1S/C19H21NO5/c1-4-16(21)13-5-8-15(9-6-13)25-12-19(22)20-14-7-10-17(23-2)18(11-14)24-3/h5-11H,4,12H2,1-3H3,(H,20,22). The Morgan fingerprint density at radius 1 is 0.960 bits per heavy atom. The van der Waals surface area contributed by atoms with Crippen LogP contribution in [0.15, 0.2) is 42.5 Å². The van der Waals surface area contributed by atoms with Gasteiger partial charge in [0.05, 0.1) is 14.2 Å². The average molecular weight is 343 g/mol. The molecule has 6 nitrogen and oxygen atoms in total. The quantitative estimate of drug-likeness (QED) is 0.744. The predicted molar refractivity (Wildman–Crippen MR) is 94.7 cm³/mol. The van der Waals surface area contributed by atoms with Gasteiger partial charge < -0.3 is 19.5 Å². The number of rotatable bonds is 8. The van der Waals surface area contributed by atoms with E-state index in [2.05, 4.69) is 5.32 Å². The van der Waals surface area contributed by atoms with Crippen molar-refractivity contribution >= 4 is 17.4 Å². The zero-order valence-electron chi connectivity index (χ0n) is 14.5. The molecule has 0 aliphatic heterocycles.